The summed E-state index contributed by atoms with van der Waals surface area (Å²) in [4.78, 5) is 32.4. The van der Waals surface area contributed by atoms with Crippen LogP contribution in [0.1, 0.15) is 67.2 Å². The van der Waals surface area contributed by atoms with Gasteiger partial charge in [0.1, 0.15) is 16.1 Å². The molecule has 0 atom stereocenters. The number of thiophene rings is 2. The molecule has 2 aromatic heterocycles. The maximum atomic E-state index is 13.2. The number of amides is 1. The molecule has 2 rings (SSSR count). The van der Waals surface area contributed by atoms with Crippen LogP contribution in [0.2, 0.25) is 16.6 Å². The monoisotopic (exact) mass is 599 g/mol. The Bertz CT molecular complexity index is 1170. The first kappa shape index (κ1) is 31.4. The molecule has 0 spiro atoms. The van der Waals surface area contributed by atoms with Gasteiger partial charge in [0.2, 0.25) is 8.32 Å². The zero-order chi connectivity index (χ0) is 27.9. The topological polar surface area (TPSA) is 130 Å². The second kappa shape index (κ2) is 11.1. The van der Waals surface area contributed by atoms with Crippen LogP contribution in [0.3, 0.4) is 0 Å². The zero-order valence-corrected chi connectivity index (χ0v) is 26.6. The van der Waals surface area contributed by atoms with Gasteiger partial charge in [0.05, 0.1) is 6.61 Å². The molecule has 36 heavy (non-hydrogen) atoms. The van der Waals surface area contributed by atoms with Crippen molar-refractivity contribution >= 4 is 64.1 Å². The number of hydrogen-bond acceptors (Lipinski definition) is 8. The van der Waals surface area contributed by atoms with E-state index in [1.807, 2.05) is 6.07 Å². The number of sulfonamides is 1. The Morgan fingerprint density at radius 3 is 1.94 bits per heavy atom. The average Bonchev–Trinajstić information content (AvgIpc) is 3.22. The van der Waals surface area contributed by atoms with E-state index in [2.05, 4.69) is 41.5 Å². The van der Waals surface area contributed by atoms with Crippen LogP contribution in [0.4, 0.5) is 4.79 Å². The van der Waals surface area contributed by atoms with Crippen LogP contribution in [-0.4, -0.2) is 48.8 Å². The lowest BCUT2D eigenvalue weighted by Gasteiger charge is -2.42. The molecule has 0 unspecified atom stereocenters. The van der Waals surface area contributed by atoms with Crippen molar-refractivity contribution in [1.82, 2.24) is 4.31 Å². The third kappa shape index (κ3) is 7.19. The van der Waals surface area contributed by atoms with Gasteiger partial charge in [0.15, 0.2) is 0 Å². The minimum absolute atomic E-state index is 0.117. The number of rotatable bonds is 10. The number of carbonyl (C=O) groups excluding carboxylic acids is 1. The molecule has 14 heteroatoms. The van der Waals surface area contributed by atoms with Gasteiger partial charge < -0.3 is 18.9 Å². The fourth-order valence-electron chi connectivity index (χ4n) is 4.58. The van der Waals surface area contributed by atoms with E-state index in [1.165, 1.54) is 38.2 Å². The smallest absolute Gasteiger partial charge is 0.424 e. The normalized spacial score (nSPS) is 13.8. The van der Waals surface area contributed by atoms with Gasteiger partial charge in [-0.15, -0.1) is 22.7 Å². The highest BCUT2D eigenvalue weighted by atomic mass is 32.2. The van der Waals surface area contributed by atoms with Crippen molar-refractivity contribution in [1.29, 1.82) is 0 Å². The third-order valence-electron chi connectivity index (χ3n) is 5.86. The van der Waals surface area contributed by atoms with Gasteiger partial charge in [-0.1, -0.05) is 41.5 Å². The van der Waals surface area contributed by atoms with Gasteiger partial charge in [-0.05, 0) is 49.5 Å². The number of ether oxygens (including phenoxy) is 1. The Morgan fingerprint density at radius 2 is 1.53 bits per heavy atom. The van der Waals surface area contributed by atoms with Crippen molar-refractivity contribution in [2.24, 2.45) is 0 Å². The Labute approximate surface area is 223 Å². The van der Waals surface area contributed by atoms with E-state index in [0.717, 1.165) is 16.2 Å². The summed E-state index contributed by atoms with van der Waals surface area (Å²) in [6, 6.07) is 3.31. The maximum absolute atomic E-state index is 13.2. The number of carbonyl (C=O) groups is 1. The molecule has 0 aromatic carbocycles. The predicted octanol–water partition coefficient (Wildman–Crippen LogP) is 6.72. The highest BCUT2D eigenvalue weighted by Crippen LogP contribution is 2.44. The molecular formula is C22H38NO8PS3Si. The van der Waals surface area contributed by atoms with Crippen molar-refractivity contribution in [2.75, 3.05) is 6.29 Å². The molecule has 0 saturated carbocycles. The number of fused-ring (bicyclic) bond motifs is 1. The molecule has 0 fully saturated rings. The molecule has 0 bridgehead atoms. The number of nitrogens with zero attached hydrogens (tertiary/aromatic N) is 1. The molecule has 0 aliphatic heterocycles. The summed E-state index contributed by atoms with van der Waals surface area (Å²) in [5.74, 6) is 0. The van der Waals surface area contributed by atoms with E-state index in [9.17, 15) is 27.6 Å². The highest BCUT2D eigenvalue weighted by molar-refractivity contribution is 7.92. The largest absolute Gasteiger partial charge is 0.443 e. The SMILES string of the molecule is CC(C)[Si](OCc1cc2sc(S(=O)(=O)N(CP(=O)(O)O)C(=O)OC(C)(C)C)cc2s1)(C(C)C)C(C)C. The van der Waals surface area contributed by atoms with E-state index in [-0.39, 0.29) is 8.51 Å². The molecule has 2 N–H and O–H groups in total. The molecule has 2 aromatic rings. The second-order valence-electron chi connectivity index (χ2n) is 10.8. The van der Waals surface area contributed by atoms with Crippen molar-refractivity contribution in [3.8, 4) is 0 Å². The van der Waals surface area contributed by atoms with Gasteiger partial charge >= 0.3 is 13.7 Å². The third-order valence-corrected chi connectivity index (χ3v) is 17.2. The summed E-state index contributed by atoms with van der Waals surface area (Å²) in [7, 11) is -11.5. The Kier molecular flexibility index (Phi) is 9.72. The van der Waals surface area contributed by atoms with Crippen molar-refractivity contribution < 1.29 is 36.7 Å². The van der Waals surface area contributed by atoms with Crippen LogP contribution in [-0.2, 0) is 30.4 Å². The Morgan fingerprint density at radius 1 is 1.03 bits per heavy atom. The molecule has 1 amide bonds. The molecule has 2 heterocycles. The minimum atomic E-state index is -4.90. The van der Waals surface area contributed by atoms with Gasteiger partial charge in [0, 0.05) is 14.3 Å². The number of hydrogen-bond donors (Lipinski definition) is 2. The van der Waals surface area contributed by atoms with Gasteiger partial charge in [0.25, 0.3) is 10.0 Å². The fraction of sp³-hybridized carbons (Fsp3) is 0.682. The summed E-state index contributed by atoms with van der Waals surface area (Å²) in [5.41, 5.74) is 0.250. The first-order valence-corrected chi connectivity index (χ1v) is 18.7. The second-order valence-corrected chi connectivity index (χ2v) is 22.2. The fourth-order valence-corrected chi connectivity index (χ4v) is 15.4. The molecule has 0 radical (unpaired) electrons. The summed E-state index contributed by atoms with van der Waals surface area (Å²) in [6.45, 7) is 18.3. The summed E-state index contributed by atoms with van der Waals surface area (Å²) < 4.78 is 51.2. The predicted molar refractivity (Wildman–Crippen MR) is 148 cm³/mol. The molecular weight excluding hydrogens is 562 g/mol. The first-order chi connectivity index (χ1) is 16.2. The van der Waals surface area contributed by atoms with Gasteiger partial charge in [-0.2, -0.15) is 12.7 Å². The van der Waals surface area contributed by atoms with Crippen LogP contribution >= 0.6 is 30.3 Å². The molecule has 0 saturated heterocycles. The quantitative estimate of drug-likeness (QED) is 0.227. The van der Waals surface area contributed by atoms with E-state index >= 15 is 0 Å². The summed E-state index contributed by atoms with van der Waals surface area (Å²) >= 11 is 2.35. The van der Waals surface area contributed by atoms with Crippen molar-refractivity contribution in [3.05, 3.63) is 17.0 Å². The van der Waals surface area contributed by atoms with Gasteiger partial charge in [-0.3, -0.25) is 4.57 Å². The lowest BCUT2D eigenvalue weighted by molar-refractivity contribution is 0.0404. The van der Waals surface area contributed by atoms with E-state index in [0.29, 0.717) is 32.6 Å². The van der Waals surface area contributed by atoms with Crippen LogP contribution in [0, 0.1) is 0 Å². The van der Waals surface area contributed by atoms with Crippen molar-refractivity contribution in [3.63, 3.8) is 0 Å². The summed E-state index contributed by atoms with van der Waals surface area (Å²) in [6.07, 6.45) is -2.64. The van der Waals surface area contributed by atoms with E-state index < -0.39 is 43.9 Å². The standard InChI is InChI=1S/C22H38NO8PS3Si/c1-14(2)36(15(3)4,16(5)6)30-12-17-10-18-19(33-17)11-20(34-18)35(28,29)23(13-32(25,26)27)21(24)31-22(7,8)9/h10-11,14-16H,12-13H2,1-9H3,(H2,25,26,27). The van der Waals surface area contributed by atoms with Crippen molar-refractivity contribution in [2.45, 2.75) is 95.4 Å². The van der Waals surface area contributed by atoms with Crippen LogP contribution in [0.5, 0.6) is 0 Å². The highest BCUT2D eigenvalue weighted by Gasteiger charge is 2.45. The van der Waals surface area contributed by atoms with Crippen LogP contribution in [0.25, 0.3) is 9.40 Å². The molecule has 206 valence electrons. The average molecular weight is 600 g/mol. The maximum Gasteiger partial charge on any atom is 0.424 e. The van der Waals surface area contributed by atoms with E-state index in [4.69, 9.17) is 9.16 Å². The lowest BCUT2D eigenvalue weighted by atomic mass is 10.2. The Hall–Kier alpha value is -0.793. The molecule has 0 aliphatic carbocycles. The van der Waals surface area contributed by atoms with Crippen LogP contribution < -0.4 is 0 Å². The first-order valence-electron chi connectivity index (χ1n) is 11.7. The molecule has 0 aliphatic rings. The zero-order valence-electron chi connectivity index (χ0n) is 22.3. The van der Waals surface area contributed by atoms with E-state index in [1.54, 1.807) is 0 Å². The lowest BCUT2D eigenvalue weighted by Crippen LogP contribution is -2.47. The van der Waals surface area contributed by atoms with Crippen LogP contribution in [0.15, 0.2) is 16.3 Å². The minimum Gasteiger partial charge on any atom is -0.443 e. The molecule has 9 nitrogen and oxygen atoms in total. The Balaban J connectivity index is 2.37. The van der Waals surface area contributed by atoms with Gasteiger partial charge in [-0.25, -0.2) is 4.79 Å². The summed E-state index contributed by atoms with van der Waals surface area (Å²) in [5, 5.41) is 0.